The number of rotatable bonds is 4. The maximum absolute atomic E-state index is 5.13. The van der Waals surface area contributed by atoms with Gasteiger partial charge < -0.3 is 0 Å². The standard InChI is InChI=1S/C41H26N4/c1-2-12-28(13-3-1)39-42-40(44-41(43-39)45-37-19-8-6-16-35(37)36-17-7-9-20-38(36)45)32-23-24-34-30(26-32)15-10-18-33(34)31-22-21-27-11-4-5-14-29(27)25-31/h1-26H. The summed E-state index contributed by atoms with van der Waals surface area (Å²) in [5.41, 5.74) is 6.42. The SMILES string of the molecule is c1ccc(-c2nc(-c3ccc4c(-c5ccc6ccccc6c5)cccc4c3)nc(-n3c4ccccc4c4ccccc43)n2)cc1. The average molecular weight is 575 g/mol. The van der Waals surface area contributed by atoms with Gasteiger partial charge in [-0.05, 0) is 56.9 Å². The second-order valence-electron chi connectivity index (χ2n) is 11.3. The number of para-hydroxylation sites is 2. The van der Waals surface area contributed by atoms with E-state index in [-0.39, 0.29) is 0 Å². The van der Waals surface area contributed by atoms with Crippen LogP contribution in [0.4, 0.5) is 0 Å². The molecule has 4 heteroatoms. The van der Waals surface area contributed by atoms with E-state index in [2.05, 4.69) is 132 Å². The highest BCUT2D eigenvalue weighted by Gasteiger charge is 2.18. The summed E-state index contributed by atoms with van der Waals surface area (Å²) in [7, 11) is 0. The number of hydrogen-bond acceptors (Lipinski definition) is 3. The van der Waals surface area contributed by atoms with E-state index >= 15 is 0 Å². The van der Waals surface area contributed by atoms with Crippen molar-refractivity contribution in [1.82, 2.24) is 19.5 Å². The third kappa shape index (κ3) is 4.27. The Labute approximate surface area is 259 Å². The van der Waals surface area contributed by atoms with E-state index in [4.69, 9.17) is 15.0 Å². The Morgan fingerprint density at radius 2 is 0.956 bits per heavy atom. The lowest BCUT2D eigenvalue weighted by molar-refractivity contribution is 0.953. The summed E-state index contributed by atoms with van der Waals surface area (Å²) in [5, 5.41) is 7.15. The topological polar surface area (TPSA) is 43.6 Å². The molecule has 45 heavy (non-hydrogen) atoms. The van der Waals surface area contributed by atoms with Crippen molar-refractivity contribution in [1.29, 1.82) is 0 Å². The molecule has 0 aliphatic carbocycles. The second kappa shape index (κ2) is 10.2. The van der Waals surface area contributed by atoms with Gasteiger partial charge in [0.25, 0.3) is 0 Å². The van der Waals surface area contributed by atoms with Crippen LogP contribution in [0.1, 0.15) is 0 Å². The minimum absolute atomic E-state index is 0.598. The predicted octanol–water partition coefficient (Wildman–Crippen LogP) is 10.3. The van der Waals surface area contributed by atoms with Gasteiger partial charge in [-0.15, -0.1) is 0 Å². The molecule has 0 saturated carbocycles. The first-order chi connectivity index (χ1) is 22.3. The molecular weight excluding hydrogens is 548 g/mol. The summed E-state index contributed by atoms with van der Waals surface area (Å²) in [6.07, 6.45) is 0. The molecule has 0 fully saturated rings. The summed E-state index contributed by atoms with van der Waals surface area (Å²) in [4.78, 5) is 15.2. The molecule has 2 heterocycles. The maximum Gasteiger partial charge on any atom is 0.238 e. The fraction of sp³-hybridized carbons (Fsp3) is 0. The van der Waals surface area contributed by atoms with E-state index in [0.717, 1.165) is 27.5 Å². The van der Waals surface area contributed by atoms with Crippen LogP contribution in [0.3, 0.4) is 0 Å². The molecule has 210 valence electrons. The molecule has 0 aliphatic rings. The van der Waals surface area contributed by atoms with Gasteiger partial charge in [0.05, 0.1) is 11.0 Å². The molecule has 2 aromatic heterocycles. The van der Waals surface area contributed by atoms with E-state index in [0.29, 0.717) is 17.6 Å². The molecule has 0 spiro atoms. The van der Waals surface area contributed by atoms with E-state index in [1.54, 1.807) is 0 Å². The van der Waals surface area contributed by atoms with E-state index in [1.165, 1.54) is 38.1 Å². The molecule has 0 saturated heterocycles. The van der Waals surface area contributed by atoms with Crippen molar-refractivity contribution in [3.63, 3.8) is 0 Å². The molecular formula is C41H26N4. The van der Waals surface area contributed by atoms with Crippen LogP contribution in [0.5, 0.6) is 0 Å². The Hall–Kier alpha value is -6.13. The van der Waals surface area contributed by atoms with E-state index in [9.17, 15) is 0 Å². The Kier molecular flexibility index (Phi) is 5.78. The maximum atomic E-state index is 5.13. The van der Waals surface area contributed by atoms with E-state index < -0.39 is 0 Å². The van der Waals surface area contributed by atoms with E-state index in [1.807, 2.05) is 30.3 Å². The first-order valence-electron chi connectivity index (χ1n) is 15.1. The second-order valence-corrected chi connectivity index (χ2v) is 11.3. The van der Waals surface area contributed by atoms with Gasteiger partial charge in [0.1, 0.15) is 0 Å². The Morgan fingerprint density at radius 3 is 1.73 bits per heavy atom. The van der Waals surface area contributed by atoms with Crippen molar-refractivity contribution < 1.29 is 0 Å². The van der Waals surface area contributed by atoms with Gasteiger partial charge in [0.2, 0.25) is 5.95 Å². The fourth-order valence-electron chi connectivity index (χ4n) is 6.48. The number of benzene rings is 7. The van der Waals surface area contributed by atoms with Crippen LogP contribution in [0.25, 0.3) is 83.2 Å². The minimum atomic E-state index is 0.598. The highest BCUT2D eigenvalue weighted by molar-refractivity contribution is 6.09. The molecule has 0 unspecified atom stereocenters. The third-order valence-corrected chi connectivity index (χ3v) is 8.63. The molecule has 9 aromatic rings. The summed E-state index contributed by atoms with van der Waals surface area (Å²) in [6.45, 7) is 0. The molecule has 9 rings (SSSR count). The van der Waals surface area contributed by atoms with Gasteiger partial charge in [0.15, 0.2) is 11.6 Å². The lowest BCUT2D eigenvalue weighted by Gasteiger charge is -2.12. The molecule has 0 bridgehead atoms. The van der Waals surface area contributed by atoms with Crippen molar-refractivity contribution >= 4 is 43.4 Å². The smallest absolute Gasteiger partial charge is 0.238 e. The Morgan fingerprint density at radius 1 is 0.356 bits per heavy atom. The zero-order chi connectivity index (χ0) is 29.7. The summed E-state index contributed by atoms with van der Waals surface area (Å²) < 4.78 is 2.15. The predicted molar refractivity (Wildman–Crippen MR) is 185 cm³/mol. The zero-order valence-corrected chi connectivity index (χ0v) is 24.3. The highest BCUT2D eigenvalue weighted by atomic mass is 15.2. The molecule has 0 radical (unpaired) electrons. The van der Waals surface area contributed by atoms with Crippen LogP contribution in [0.15, 0.2) is 158 Å². The first-order valence-corrected chi connectivity index (χ1v) is 15.1. The van der Waals surface area contributed by atoms with Crippen molar-refractivity contribution in [2.24, 2.45) is 0 Å². The number of nitrogens with zero attached hydrogens (tertiary/aromatic N) is 4. The summed E-state index contributed by atoms with van der Waals surface area (Å²) in [6, 6.07) is 55.2. The minimum Gasteiger partial charge on any atom is -0.278 e. The molecule has 0 N–H and O–H groups in total. The molecule has 0 atom stereocenters. The van der Waals surface area contributed by atoms with Gasteiger partial charge >= 0.3 is 0 Å². The molecule has 4 nitrogen and oxygen atoms in total. The molecule has 0 amide bonds. The summed E-state index contributed by atoms with van der Waals surface area (Å²) >= 11 is 0. The van der Waals surface area contributed by atoms with Gasteiger partial charge in [-0.3, -0.25) is 4.57 Å². The Bertz CT molecular complexity index is 2490. The monoisotopic (exact) mass is 574 g/mol. The van der Waals surface area contributed by atoms with Crippen LogP contribution in [-0.4, -0.2) is 19.5 Å². The normalized spacial score (nSPS) is 11.6. The highest BCUT2D eigenvalue weighted by Crippen LogP contribution is 2.35. The van der Waals surface area contributed by atoms with Crippen molar-refractivity contribution in [2.45, 2.75) is 0 Å². The summed E-state index contributed by atoms with van der Waals surface area (Å²) in [5.74, 6) is 1.88. The average Bonchev–Trinajstić information content (AvgIpc) is 3.45. The molecule has 0 aliphatic heterocycles. The van der Waals surface area contributed by atoms with Crippen molar-refractivity contribution in [3.05, 3.63) is 158 Å². The fourth-order valence-corrected chi connectivity index (χ4v) is 6.48. The van der Waals surface area contributed by atoms with Gasteiger partial charge in [-0.2, -0.15) is 9.97 Å². The number of aromatic nitrogens is 4. The van der Waals surface area contributed by atoms with Crippen LogP contribution in [0, 0.1) is 0 Å². The zero-order valence-electron chi connectivity index (χ0n) is 24.3. The van der Waals surface area contributed by atoms with Crippen LogP contribution < -0.4 is 0 Å². The quantitative estimate of drug-likeness (QED) is 0.210. The number of hydrogen-bond donors (Lipinski definition) is 0. The van der Waals surface area contributed by atoms with Gasteiger partial charge in [-0.25, -0.2) is 4.98 Å². The van der Waals surface area contributed by atoms with Crippen LogP contribution >= 0.6 is 0 Å². The number of fused-ring (bicyclic) bond motifs is 5. The lowest BCUT2D eigenvalue weighted by atomic mass is 9.95. The van der Waals surface area contributed by atoms with Gasteiger partial charge in [-0.1, -0.05) is 133 Å². The van der Waals surface area contributed by atoms with Crippen LogP contribution in [-0.2, 0) is 0 Å². The van der Waals surface area contributed by atoms with Crippen LogP contribution in [0.2, 0.25) is 0 Å². The van der Waals surface area contributed by atoms with Crippen molar-refractivity contribution in [3.8, 4) is 39.9 Å². The van der Waals surface area contributed by atoms with Gasteiger partial charge in [0, 0.05) is 21.9 Å². The van der Waals surface area contributed by atoms with Crippen molar-refractivity contribution in [2.75, 3.05) is 0 Å². The lowest BCUT2D eigenvalue weighted by Crippen LogP contribution is -2.06. The Balaban J connectivity index is 1.24. The third-order valence-electron chi connectivity index (χ3n) is 8.63. The molecule has 7 aromatic carbocycles. The first kappa shape index (κ1) is 25.4. The largest absolute Gasteiger partial charge is 0.278 e.